The van der Waals surface area contributed by atoms with Crippen LogP contribution in [0, 0.1) is 0 Å². The predicted molar refractivity (Wildman–Crippen MR) is 78.3 cm³/mol. The van der Waals surface area contributed by atoms with Gasteiger partial charge in [0.05, 0.1) is 0 Å². The topological polar surface area (TPSA) is 49.3 Å². The molecule has 2 aromatic rings. The van der Waals surface area contributed by atoms with Crippen LogP contribution in [0.3, 0.4) is 0 Å². The van der Waals surface area contributed by atoms with Gasteiger partial charge in [0.2, 0.25) is 0 Å². The van der Waals surface area contributed by atoms with Crippen molar-refractivity contribution in [3.8, 4) is 0 Å². The van der Waals surface area contributed by atoms with Gasteiger partial charge in [0, 0.05) is 31.9 Å². The van der Waals surface area contributed by atoms with E-state index in [1.165, 1.54) is 5.69 Å². The van der Waals surface area contributed by atoms with Crippen molar-refractivity contribution in [2.45, 2.75) is 0 Å². The summed E-state index contributed by atoms with van der Waals surface area (Å²) in [6, 6.07) is 14.0. The standard InChI is InChI=1S/C15H16N4O/c20-12-13-6-7-15(17-16-13)19-10-8-18(9-11-19)14-4-2-1-3-5-14/h1-7,12H,8-11H2. The van der Waals surface area contributed by atoms with Gasteiger partial charge < -0.3 is 9.80 Å². The molecular weight excluding hydrogens is 252 g/mol. The molecule has 1 aromatic heterocycles. The predicted octanol–water partition coefficient (Wildman–Crippen LogP) is 1.62. The second kappa shape index (κ2) is 5.69. The van der Waals surface area contributed by atoms with E-state index in [-0.39, 0.29) is 0 Å². The molecule has 1 aliphatic heterocycles. The van der Waals surface area contributed by atoms with Gasteiger partial charge in [0.15, 0.2) is 12.1 Å². The van der Waals surface area contributed by atoms with E-state index in [0.717, 1.165) is 32.0 Å². The maximum absolute atomic E-state index is 10.6. The molecule has 5 heteroatoms. The lowest BCUT2D eigenvalue weighted by molar-refractivity contribution is 0.111. The number of carbonyl (C=O) groups is 1. The Labute approximate surface area is 117 Å². The Hall–Kier alpha value is -2.43. The van der Waals surface area contributed by atoms with E-state index < -0.39 is 0 Å². The van der Waals surface area contributed by atoms with E-state index in [9.17, 15) is 4.79 Å². The van der Waals surface area contributed by atoms with Crippen LogP contribution in [-0.2, 0) is 0 Å². The lowest BCUT2D eigenvalue weighted by Crippen LogP contribution is -2.46. The number of para-hydroxylation sites is 1. The smallest absolute Gasteiger partial charge is 0.170 e. The Morgan fingerprint density at radius 1 is 0.850 bits per heavy atom. The van der Waals surface area contributed by atoms with Crippen LogP contribution < -0.4 is 9.80 Å². The van der Waals surface area contributed by atoms with Crippen molar-refractivity contribution in [1.82, 2.24) is 10.2 Å². The van der Waals surface area contributed by atoms with Gasteiger partial charge >= 0.3 is 0 Å². The molecule has 1 aromatic carbocycles. The number of anilines is 2. The SMILES string of the molecule is O=Cc1ccc(N2CCN(c3ccccc3)CC2)nn1. The van der Waals surface area contributed by atoms with Gasteiger partial charge in [-0.3, -0.25) is 4.79 Å². The average Bonchev–Trinajstić information content (AvgIpc) is 2.56. The second-order valence-corrected chi connectivity index (χ2v) is 4.74. The highest BCUT2D eigenvalue weighted by Crippen LogP contribution is 2.18. The summed E-state index contributed by atoms with van der Waals surface area (Å²) >= 11 is 0. The summed E-state index contributed by atoms with van der Waals surface area (Å²) in [4.78, 5) is 15.1. The van der Waals surface area contributed by atoms with Crippen LogP contribution in [0.4, 0.5) is 11.5 Å². The Kier molecular flexibility index (Phi) is 3.58. The maximum atomic E-state index is 10.6. The van der Waals surface area contributed by atoms with Gasteiger partial charge in [-0.25, -0.2) is 0 Å². The number of hydrogen-bond acceptors (Lipinski definition) is 5. The van der Waals surface area contributed by atoms with Crippen LogP contribution in [0.25, 0.3) is 0 Å². The minimum absolute atomic E-state index is 0.372. The van der Waals surface area contributed by atoms with Crippen molar-refractivity contribution in [3.05, 3.63) is 48.2 Å². The number of aromatic nitrogens is 2. The molecule has 1 saturated heterocycles. The van der Waals surface area contributed by atoms with Gasteiger partial charge in [0.25, 0.3) is 0 Å². The van der Waals surface area contributed by atoms with Gasteiger partial charge in [-0.1, -0.05) is 18.2 Å². The zero-order valence-electron chi connectivity index (χ0n) is 11.1. The maximum Gasteiger partial charge on any atom is 0.170 e. The lowest BCUT2D eigenvalue weighted by Gasteiger charge is -2.36. The van der Waals surface area contributed by atoms with Crippen molar-refractivity contribution in [2.75, 3.05) is 36.0 Å². The van der Waals surface area contributed by atoms with Crippen LogP contribution in [-0.4, -0.2) is 42.7 Å². The fraction of sp³-hybridized carbons (Fsp3) is 0.267. The highest BCUT2D eigenvalue weighted by atomic mass is 16.1. The van der Waals surface area contributed by atoms with E-state index in [1.807, 2.05) is 12.1 Å². The largest absolute Gasteiger partial charge is 0.368 e. The summed E-state index contributed by atoms with van der Waals surface area (Å²) in [5, 5.41) is 7.97. The number of piperazine rings is 1. The summed E-state index contributed by atoms with van der Waals surface area (Å²) in [6.07, 6.45) is 0.712. The number of rotatable bonds is 3. The molecule has 3 rings (SSSR count). The lowest BCUT2D eigenvalue weighted by atomic mass is 10.2. The third-order valence-corrected chi connectivity index (χ3v) is 3.52. The van der Waals surface area contributed by atoms with Crippen molar-refractivity contribution in [1.29, 1.82) is 0 Å². The summed E-state index contributed by atoms with van der Waals surface area (Å²) < 4.78 is 0. The fourth-order valence-electron chi connectivity index (χ4n) is 2.40. The summed E-state index contributed by atoms with van der Waals surface area (Å²) in [6.45, 7) is 3.73. The van der Waals surface area contributed by atoms with E-state index in [1.54, 1.807) is 6.07 Å². The Morgan fingerprint density at radius 2 is 1.55 bits per heavy atom. The molecule has 20 heavy (non-hydrogen) atoms. The Morgan fingerprint density at radius 3 is 2.15 bits per heavy atom. The molecule has 0 atom stereocenters. The number of benzene rings is 1. The quantitative estimate of drug-likeness (QED) is 0.792. The minimum atomic E-state index is 0.372. The van der Waals surface area contributed by atoms with Crippen LogP contribution in [0.1, 0.15) is 10.5 Å². The van der Waals surface area contributed by atoms with Crippen molar-refractivity contribution in [3.63, 3.8) is 0 Å². The molecule has 0 bridgehead atoms. The molecule has 0 spiro atoms. The monoisotopic (exact) mass is 268 g/mol. The van der Waals surface area contributed by atoms with Gasteiger partial charge in [0.1, 0.15) is 5.69 Å². The molecule has 0 aliphatic carbocycles. The first-order valence-corrected chi connectivity index (χ1v) is 6.71. The molecule has 0 amide bonds. The second-order valence-electron chi connectivity index (χ2n) is 4.74. The molecule has 0 radical (unpaired) electrons. The van der Waals surface area contributed by atoms with E-state index in [2.05, 4.69) is 44.3 Å². The normalized spacial score (nSPS) is 15.2. The molecule has 2 heterocycles. The summed E-state index contributed by atoms with van der Waals surface area (Å²) in [7, 11) is 0. The molecular formula is C15H16N4O. The van der Waals surface area contributed by atoms with Crippen LogP contribution in [0.5, 0.6) is 0 Å². The zero-order valence-corrected chi connectivity index (χ0v) is 11.1. The molecule has 5 nitrogen and oxygen atoms in total. The Balaban J connectivity index is 1.64. The molecule has 0 unspecified atom stereocenters. The molecule has 1 fully saturated rings. The van der Waals surface area contributed by atoms with E-state index >= 15 is 0 Å². The number of aldehydes is 1. The highest BCUT2D eigenvalue weighted by Gasteiger charge is 2.18. The highest BCUT2D eigenvalue weighted by molar-refractivity contribution is 5.71. The number of carbonyl (C=O) groups excluding carboxylic acids is 1. The van der Waals surface area contributed by atoms with E-state index in [0.29, 0.717) is 12.0 Å². The first-order valence-electron chi connectivity index (χ1n) is 6.71. The zero-order chi connectivity index (χ0) is 13.8. The molecule has 0 N–H and O–H groups in total. The molecule has 0 saturated carbocycles. The fourth-order valence-corrected chi connectivity index (χ4v) is 2.40. The minimum Gasteiger partial charge on any atom is -0.368 e. The van der Waals surface area contributed by atoms with Gasteiger partial charge in [-0.15, -0.1) is 10.2 Å². The van der Waals surface area contributed by atoms with Crippen molar-refractivity contribution >= 4 is 17.8 Å². The van der Waals surface area contributed by atoms with Gasteiger partial charge in [-0.05, 0) is 24.3 Å². The van der Waals surface area contributed by atoms with Crippen molar-refractivity contribution < 1.29 is 4.79 Å². The first kappa shape index (κ1) is 12.6. The van der Waals surface area contributed by atoms with Crippen LogP contribution in [0.2, 0.25) is 0 Å². The van der Waals surface area contributed by atoms with Crippen molar-refractivity contribution in [2.24, 2.45) is 0 Å². The third-order valence-electron chi connectivity index (χ3n) is 3.52. The van der Waals surface area contributed by atoms with Crippen LogP contribution >= 0.6 is 0 Å². The first-order chi connectivity index (χ1) is 9.86. The number of nitrogens with zero attached hydrogens (tertiary/aromatic N) is 4. The average molecular weight is 268 g/mol. The summed E-state index contributed by atoms with van der Waals surface area (Å²) in [5.41, 5.74) is 1.63. The van der Waals surface area contributed by atoms with Crippen LogP contribution in [0.15, 0.2) is 42.5 Å². The number of hydrogen-bond donors (Lipinski definition) is 0. The third kappa shape index (κ3) is 2.61. The van der Waals surface area contributed by atoms with Gasteiger partial charge in [-0.2, -0.15) is 0 Å². The molecule has 102 valence electrons. The summed E-state index contributed by atoms with van der Waals surface area (Å²) in [5.74, 6) is 0.836. The molecule has 1 aliphatic rings. The van der Waals surface area contributed by atoms with E-state index in [4.69, 9.17) is 0 Å². The Bertz CT molecular complexity index is 562.